The van der Waals surface area contributed by atoms with Crippen molar-refractivity contribution in [1.82, 2.24) is 19.9 Å². The number of nitrogens with one attached hydrogen (secondary N) is 1. The normalized spacial score (nSPS) is 11.2. The summed E-state index contributed by atoms with van der Waals surface area (Å²) in [5, 5.41) is 3.80. The smallest absolute Gasteiger partial charge is 0.163 e. The fourth-order valence-corrected chi connectivity index (χ4v) is 3.58. The minimum absolute atomic E-state index is 0.408. The first kappa shape index (κ1) is 22.5. The molecule has 0 unspecified atom stereocenters. The molecule has 0 radical (unpaired) electrons. The van der Waals surface area contributed by atoms with E-state index in [-0.39, 0.29) is 0 Å². The predicted molar refractivity (Wildman–Crippen MR) is 126 cm³/mol. The molecule has 2 aromatic carbocycles. The highest BCUT2D eigenvalue weighted by Crippen LogP contribution is 2.36. The van der Waals surface area contributed by atoms with Crippen LogP contribution in [0.4, 0.5) is 14.6 Å². The molecule has 0 saturated heterocycles. The lowest BCUT2D eigenvalue weighted by Gasteiger charge is -2.16. The Morgan fingerprint density at radius 1 is 0.970 bits per heavy atom. The van der Waals surface area contributed by atoms with Crippen LogP contribution in [0.1, 0.15) is 6.42 Å². The average molecular weight is 450 g/mol. The summed E-state index contributed by atoms with van der Waals surface area (Å²) in [4.78, 5) is 15.6. The molecule has 0 aliphatic heterocycles. The van der Waals surface area contributed by atoms with E-state index in [1.807, 2.05) is 32.3 Å². The molecule has 0 aliphatic carbocycles. The van der Waals surface area contributed by atoms with Gasteiger partial charge in [-0.15, -0.1) is 0 Å². The summed E-state index contributed by atoms with van der Waals surface area (Å²) >= 11 is 0. The standard InChI is InChI=1S/C25H25F2N5O/c1-28-25-21-12-18(17-10-19(26)14-20(27)11-17)13-22(33-9-5-8-32(2)3)23(21)30-24(31-25)16-6-4-7-29-15-16/h4,6-7,10-15H,5,8-9H2,1-3H3,(H,28,30,31). The Bertz CT molecular complexity index is 1240. The lowest BCUT2D eigenvalue weighted by molar-refractivity contribution is 0.284. The molecule has 4 rings (SSSR count). The van der Waals surface area contributed by atoms with E-state index in [0.29, 0.717) is 46.0 Å². The van der Waals surface area contributed by atoms with E-state index < -0.39 is 11.6 Å². The molecule has 0 spiro atoms. The summed E-state index contributed by atoms with van der Waals surface area (Å²) in [5.74, 6) is 0.319. The molecule has 1 N–H and O–H groups in total. The van der Waals surface area contributed by atoms with Gasteiger partial charge in [-0.25, -0.2) is 18.7 Å². The topological polar surface area (TPSA) is 63.2 Å². The van der Waals surface area contributed by atoms with Gasteiger partial charge in [-0.2, -0.15) is 0 Å². The van der Waals surface area contributed by atoms with Crippen LogP contribution in [-0.2, 0) is 0 Å². The molecule has 0 amide bonds. The summed E-state index contributed by atoms with van der Waals surface area (Å²) in [6, 6.07) is 10.7. The minimum atomic E-state index is -0.643. The number of ether oxygens (including phenoxy) is 1. The fourth-order valence-electron chi connectivity index (χ4n) is 3.58. The SMILES string of the molecule is CNc1nc(-c2cccnc2)nc2c(OCCCN(C)C)cc(-c3cc(F)cc(F)c3)cc12. The van der Waals surface area contributed by atoms with Crippen molar-refractivity contribution in [2.24, 2.45) is 0 Å². The second-order valence-corrected chi connectivity index (χ2v) is 7.92. The maximum absolute atomic E-state index is 13.9. The number of anilines is 1. The van der Waals surface area contributed by atoms with E-state index in [1.54, 1.807) is 25.5 Å². The Morgan fingerprint density at radius 3 is 2.39 bits per heavy atom. The molecule has 170 valence electrons. The zero-order valence-corrected chi connectivity index (χ0v) is 18.8. The Balaban J connectivity index is 1.87. The number of pyridine rings is 1. The molecule has 4 aromatic rings. The van der Waals surface area contributed by atoms with E-state index in [1.165, 1.54) is 12.1 Å². The van der Waals surface area contributed by atoms with Crippen LogP contribution in [0.3, 0.4) is 0 Å². The molecular formula is C25H25F2N5O. The maximum atomic E-state index is 13.9. The van der Waals surface area contributed by atoms with E-state index in [4.69, 9.17) is 9.72 Å². The fraction of sp³-hybridized carbons (Fsp3) is 0.240. The van der Waals surface area contributed by atoms with Crippen LogP contribution >= 0.6 is 0 Å². The van der Waals surface area contributed by atoms with Crippen molar-refractivity contribution < 1.29 is 13.5 Å². The second kappa shape index (κ2) is 9.87. The van der Waals surface area contributed by atoms with Gasteiger partial charge in [0.15, 0.2) is 5.82 Å². The number of aromatic nitrogens is 3. The van der Waals surface area contributed by atoms with Gasteiger partial charge in [0.1, 0.15) is 28.7 Å². The molecule has 8 heteroatoms. The van der Waals surface area contributed by atoms with Crippen LogP contribution in [0.2, 0.25) is 0 Å². The first-order valence-corrected chi connectivity index (χ1v) is 10.6. The van der Waals surface area contributed by atoms with Gasteiger partial charge in [-0.3, -0.25) is 4.98 Å². The molecule has 0 bridgehead atoms. The number of hydrogen-bond donors (Lipinski definition) is 1. The number of fused-ring (bicyclic) bond motifs is 1. The lowest BCUT2D eigenvalue weighted by atomic mass is 10.0. The minimum Gasteiger partial charge on any atom is -0.491 e. The summed E-state index contributed by atoms with van der Waals surface area (Å²) < 4.78 is 34.0. The molecule has 0 saturated carbocycles. The molecule has 33 heavy (non-hydrogen) atoms. The number of halogens is 2. The van der Waals surface area contributed by atoms with Gasteiger partial charge >= 0.3 is 0 Å². The summed E-state index contributed by atoms with van der Waals surface area (Å²) in [6.45, 7) is 1.33. The van der Waals surface area contributed by atoms with Crippen molar-refractivity contribution in [3.8, 4) is 28.3 Å². The lowest BCUT2D eigenvalue weighted by Crippen LogP contribution is -2.15. The monoisotopic (exact) mass is 449 g/mol. The molecule has 6 nitrogen and oxygen atoms in total. The maximum Gasteiger partial charge on any atom is 0.163 e. The van der Waals surface area contributed by atoms with Crippen molar-refractivity contribution in [3.05, 3.63) is 66.5 Å². The number of rotatable bonds is 8. The van der Waals surface area contributed by atoms with Gasteiger partial charge in [-0.1, -0.05) is 0 Å². The Labute approximate surface area is 191 Å². The Morgan fingerprint density at radius 2 is 1.73 bits per heavy atom. The van der Waals surface area contributed by atoms with Crippen LogP contribution in [0.15, 0.2) is 54.9 Å². The summed E-state index contributed by atoms with van der Waals surface area (Å²) in [6.07, 6.45) is 4.20. The van der Waals surface area contributed by atoms with E-state index >= 15 is 0 Å². The highest BCUT2D eigenvalue weighted by atomic mass is 19.1. The summed E-state index contributed by atoms with van der Waals surface area (Å²) in [7, 11) is 5.77. The van der Waals surface area contributed by atoms with Crippen LogP contribution in [-0.4, -0.2) is 54.1 Å². The van der Waals surface area contributed by atoms with E-state index in [0.717, 1.165) is 24.6 Å². The van der Waals surface area contributed by atoms with Crippen molar-refractivity contribution in [2.75, 3.05) is 39.6 Å². The number of nitrogens with zero attached hydrogens (tertiary/aromatic N) is 4. The third-order valence-corrected chi connectivity index (χ3v) is 5.13. The molecule has 0 atom stereocenters. The van der Waals surface area contributed by atoms with Crippen molar-refractivity contribution >= 4 is 16.7 Å². The Hall–Kier alpha value is -3.65. The zero-order chi connectivity index (χ0) is 23.4. The van der Waals surface area contributed by atoms with E-state index in [2.05, 4.69) is 20.2 Å². The van der Waals surface area contributed by atoms with Crippen molar-refractivity contribution in [3.63, 3.8) is 0 Å². The zero-order valence-electron chi connectivity index (χ0n) is 18.8. The van der Waals surface area contributed by atoms with Crippen LogP contribution in [0.25, 0.3) is 33.4 Å². The number of hydrogen-bond acceptors (Lipinski definition) is 6. The average Bonchev–Trinajstić information content (AvgIpc) is 2.80. The van der Waals surface area contributed by atoms with Gasteiger partial charge in [0, 0.05) is 43.0 Å². The molecule has 2 aromatic heterocycles. The highest BCUT2D eigenvalue weighted by molar-refractivity contribution is 5.97. The van der Waals surface area contributed by atoms with E-state index in [9.17, 15) is 8.78 Å². The first-order valence-electron chi connectivity index (χ1n) is 10.6. The molecule has 0 fully saturated rings. The first-order chi connectivity index (χ1) is 15.9. The quantitative estimate of drug-likeness (QED) is 0.382. The van der Waals surface area contributed by atoms with Gasteiger partial charge < -0.3 is 15.0 Å². The van der Waals surface area contributed by atoms with Gasteiger partial charge in [0.05, 0.1) is 6.61 Å². The molecule has 0 aliphatic rings. The number of benzene rings is 2. The molecule has 2 heterocycles. The largest absolute Gasteiger partial charge is 0.491 e. The van der Waals surface area contributed by atoms with Crippen LogP contribution in [0.5, 0.6) is 5.75 Å². The van der Waals surface area contributed by atoms with Crippen LogP contribution < -0.4 is 10.1 Å². The predicted octanol–water partition coefficient (Wildman–Crippen LogP) is 5.01. The Kier molecular flexibility index (Phi) is 6.74. The van der Waals surface area contributed by atoms with Gasteiger partial charge in [-0.05, 0) is 68.0 Å². The van der Waals surface area contributed by atoms with Gasteiger partial charge in [0.2, 0.25) is 0 Å². The van der Waals surface area contributed by atoms with Crippen molar-refractivity contribution in [1.29, 1.82) is 0 Å². The highest BCUT2D eigenvalue weighted by Gasteiger charge is 2.16. The third-order valence-electron chi connectivity index (χ3n) is 5.13. The van der Waals surface area contributed by atoms with Crippen molar-refractivity contribution in [2.45, 2.75) is 6.42 Å². The third kappa shape index (κ3) is 5.23. The second-order valence-electron chi connectivity index (χ2n) is 7.92. The van der Waals surface area contributed by atoms with Crippen LogP contribution in [0, 0.1) is 11.6 Å². The molecular weight excluding hydrogens is 424 g/mol. The van der Waals surface area contributed by atoms with Gasteiger partial charge in [0.25, 0.3) is 0 Å². The summed E-state index contributed by atoms with van der Waals surface area (Å²) in [5.41, 5.74) is 2.40.